The third kappa shape index (κ3) is 2.74. The molecule has 2 aliphatic heterocycles. The highest BCUT2D eigenvalue weighted by Crippen LogP contribution is 2.21. The molecule has 0 aromatic carbocycles. The van der Waals surface area contributed by atoms with Gasteiger partial charge in [-0.15, -0.1) is 0 Å². The summed E-state index contributed by atoms with van der Waals surface area (Å²) in [6.07, 6.45) is 7.89. The van der Waals surface area contributed by atoms with E-state index in [0.717, 1.165) is 39.3 Å². The van der Waals surface area contributed by atoms with E-state index in [-0.39, 0.29) is 6.10 Å². The van der Waals surface area contributed by atoms with E-state index in [0.29, 0.717) is 6.10 Å². The van der Waals surface area contributed by atoms with Gasteiger partial charge >= 0.3 is 0 Å². The fourth-order valence-electron chi connectivity index (χ4n) is 2.70. The highest BCUT2D eigenvalue weighted by Gasteiger charge is 2.20. The number of hydrogen-bond donors (Lipinski definition) is 1. The Bertz CT molecular complexity index is 368. The summed E-state index contributed by atoms with van der Waals surface area (Å²) >= 11 is 0. The van der Waals surface area contributed by atoms with E-state index < -0.39 is 0 Å². The van der Waals surface area contributed by atoms with Crippen LogP contribution in [0.4, 0.5) is 0 Å². The van der Waals surface area contributed by atoms with Crippen LogP contribution in [0.1, 0.15) is 31.1 Å². The lowest BCUT2D eigenvalue weighted by molar-refractivity contribution is 0.0221. The number of imidazole rings is 1. The van der Waals surface area contributed by atoms with Crippen molar-refractivity contribution in [1.29, 1.82) is 0 Å². The molecule has 2 aliphatic rings. The van der Waals surface area contributed by atoms with Gasteiger partial charge in [-0.3, -0.25) is 0 Å². The summed E-state index contributed by atoms with van der Waals surface area (Å²) < 4.78 is 13.6. The molecule has 2 fully saturated rings. The molecule has 1 aromatic heterocycles. The van der Waals surface area contributed by atoms with Crippen LogP contribution in [0.25, 0.3) is 0 Å². The summed E-state index contributed by atoms with van der Waals surface area (Å²) in [6.45, 7) is 4.50. The van der Waals surface area contributed by atoms with Crippen molar-refractivity contribution >= 4 is 0 Å². The Labute approximate surface area is 107 Å². The molecule has 3 rings (SSSR count). The third-order valence-electron chi connectivity index (χ3n) is 3.72. The van der Waals surface area contributed by atoms with Gasteiger partial charge in [-0.2, -0.15) is 0 Å². The van der Waals surface area contributed by atoms with Crippen LogP contribution in [0.5, 0.6) is 0 Å². The Morgan fingerprint density at radius 3 is 3.17 bits per heavy atom. The van der Waals surface area contributed by atoms with Crippen LogP contribution in [-0.2, 0) is 16.0 Å². The molecule has 18 heavy (non-hydrogen) atoms. The van der Waals surface area contributed by atoms with Crippen molar-refractivity contribution in [3.8, 4) is 0 Å². The minimum Gasteiger partial charge on any atom is -0.378 e. The first-order valence-corrected chi connectivity index (χ1v) is 6.87. The van der Waals surface area contributed by atoms with Crippen molar-refractivity contribution in [2.45, 2.75) is 38.0 Å². The smallest absolute Gasteiger partial charge is 0.111 e. The van der Waals surface area contributed by atoms with Gasteiger partial charge in [0.25, 0.3) is 0 Å². The molecule has 1 N–H and O–H groups in total. The van der Waals surface area contributed by atoms with Crippen molar-refractivity contribution in [3.63, 3.8) is 0 Å². The van der Waals surface area contributed by atoms with Crippen molar-refractivity contribution in [3.05, 3.63) is 18.2 Å². The molecule has 0 aliphatic carbocycles. The Kier molecular flexibility index (Phi) is 3.93. The Morgan fingerprint density at radius 2 is 2.39 bits per heavy atom. The molecule has 100 valence electrons. The molecular formula is C13H21N3O2. The minimum atomic E-state index is 0.144. The number of nitrogens with one attached hydrogen (secondary N) is 1. The minimum absolute atomic E-state index is 0.144. The Hall–Kier alpha value is -0.910. The molecule has 0 saturated carbocycles. The fraction of sp³-hybridized carbons (Fsp3) is 0.769. The van der Waals surface area contributed by atoms with Crippen molar-refractivity contribution in [2.75, 3.05) is 26.3 Å². The number of aromatic nitrogens is 2. The predicted octanol–water partition coefficient (Wildman–Crippen LogP) is 1.11. The maximum absolute atomic E-state index is 5.78. The highest BCUT2D eigenvalue weighted by molar-refractivity contribution is 5.04. The number of rotatable bonds is 4. The number of nitrogens with zero attached hydrogens (tertiary/aromatic N) is 2. The Morgan fingerprint density at radius 1 is 1.39 bits per heavy atom. The second kappa shape index (κ2) is 5.82. The number of hydrogen-bond acceptors (Lipinski definition) is 4. The van der Waals surface area contributed by atoms with Crippen LogP contribution in [0.2, 0.25) is 0 Å². The summed E-state index contributed by atoms with van der Waals surface area (Å²) in [7, 11) is 0. The first-order valence-electron chi connectivity index (χ1n) is 6.87. The molecule has 0 amide bonds. The first-order chi connectivity index (χ1) is 8.93. The van der Waals surface area contributed by atoms with Crippen LogP contribution in [0.3, 0.4) is 0 Å². The average molecular weight is 251 g/mol. The molecule has 2 saturated heterocycles. The summed E-state index contributed by atoms with van der Waals surface area (Å²) in [4.78, 5) is 4.26. The summed E-state index contributed by atoms with van der Waals surface area (Å²) in [6, 6.07) is 0. The van der Waals surface area contributed by atoms with Gasteiger partial charge in [0.15, 0.2) is 0 Å². The molecule has 3 heterocycles. The van der Waals surface area contributed by atoms with Crippen LogP contribution in [0.15, 0.2) is 12.5 Å². The van der Waals surface area contributed by atoms with Crippen molar-refractivity contribution < 1.29 is 9.47 Å². The molecule has 2 unspecified atom stereocenters. The van der Waals surface area contributed by atoms with Gasteiger partial charge in [-0.25, -0.2) is 4.98 Å². The van der Waals surface area contributed by atoms with E-state index in [2.05, 4.69) is 14.9 Å². The average Bonchev–Trinajstić information content (AvgIpc) is 3.09. The SMILES string of the molecule is c1ncn(CCC2CCCO2)c1C1CNCCO1. The van der Waals surface area contributed by atoms with Gasteiger partial charge in [0.1, 0.15) is 6.10 Å². The monoisotopic (exact) mass is 251 g/mol. The van der Waals surface area contributed by atoms with Gasteiger partial charge in [0.05, 0.1) is 30.9 Å². The predicted molar refractivity (Wildman–Crippen MR) is 67.4 cm³/mol. The van der Waals surface area contributed by atoms with Gasteiger partial charge in [-0.05, 0) is 19.3 Å². The van der Waals surface area contributed by atoms with Gasteiger partial charge in [0.2, 0.25) is 0 Å². The summed E-state index contributed by atoms with van der Waals surface area (Å²) in [5, 5.41) is 3.36. The number of morpholine rings is 1. The standard InChI is InChI=1S/C13H21N3O2/c1-2-11(17-6-1)3-5-16-10-15-8-12(16)13-9-14-4-7-18-13/h8,10-11,13-14H,1-7,9H2. The first kappa shape index (κ1) is 12.1. The van der Waals surface area contributed by atoms with Gasteiger partial charge < -0.3 is 19.4 Å². The molecular weight excluding hydrogens is 230 g/mol. The zero-order valence-electron chi connectivity index (χ0n) is 10.7. The van der Waals surface area contributed by atoms with Gasteiger partial charge in [-0.1, -0.05) is 0 Å². The van der Waals surface area contributed by atoms with Gasteiger partial charge in [0, 0.05) is 26.2 Å². The third-order valence-corrected chi connectivity index (χ3v) is 3.72. The number of ether oxygens (including phenoxy) is 2. The van der Waals surface area contributed by atoms with Crippen LogP contribution in [0, 0.1) is 0 Å². The second-order valence-electron chi connectivity index (χ2n) is 5.00. The lowest BCUT2D eigenvalue weighted by atomic mass is 10.2. The van der Waals surface area contributed by atoms with E-state index in [1.54, 1.807) is 0 Å². The second-order valence-corrected chi connectivity index (χ2v) is 5.00. The topological polar surface area (TPSA) is 48.3 Å². The lowest BCUT2D eigenvalue weighted by Gasteiger charge is -2.24. The lowest BCUT2D eigenvalue weighted by Crippen LogP contribution is -2.34. The van der Waals surface area contributed by atoms with E-state index in [1.165, 1.54) is 18.5 Å². The largest absolute Gasteiger partial charge is 0.378 e. The summed E-state index contributed by atoms with van der Waals surface area (Å²) in [5.41, 5.74) is 1.18. The summed E-state index contributed by atoms with van der Waals surface area (Å²) in [5.74, 6) is 0. The number of aryl methyl sites for hydroxylation is 1. The molecule has 5 nitrogen and oxygen atoms in total. The normalized spacial score (nSPS) is 28.7. The molecule has 0 spiro atoms. The van der Waals surface area contributed by atoms with Crippen LogP contribution < -0.4 is 5.32 Å². The zero-order valence-corrected chi connectivity index (χ0v) is 10.7. The van der Waals surface area contributed by atoms with E-state index in [9.17, 15) is 0 Å². The van der Waals surface area contributed by atoms with Crippen LogP contribution in [-0.4, -0.2) is 42.0 Å². The quantitative estimate of drug-likeness (QED) is 0.871. The maximum atomic E-state index is 5.78. The van der Waals surface area contributed by atoms with E-state index in [4.69, 9.17) is 9.47 Å². The highest BCUT2D eigenvalue weighted by atomic mass is 16.5. The molecule has 1 aromatic rings. The Balaban J connectivity index is 1.59. The molecule has 0 radical (unpaired) electrons. The fourth-order valence-corrected chi connectivity index (χ4v) is 2.70. The maximum Gasteiger partial charge on any atom is 0.111 e. The van der Waals surface area contributed by atoms with Crippen LogP contribution >= 0.6 is 0 Å². The van der Waals surface area contributed by atoms with Crippen molar-refractivity contribution in [1.82, 2.24) is 14.9 Å². The van der Waals surface area contributed by atoms with E-state index >= 15 is 0 Å². The molecule has 2 atom stereocenters. The zero-order chi connectivity index (χ0) is 12.2. The van der Waals surface area contributed by atoms with Crippen molar-refractivity contribution in [2.24, 2.45) is 0 Å². The van der Waals surface area contributed by atoms with E-state index in [1.807, 2.05) is 12.5 Å². The molecule has 5 heteroatoms. The molecule has 0 bridgehead atoms.